The first-order chi connectivity index (χ1) is 16.6. The van der Waals surface area contributed by atoms with Crippen LogP contribution in [0.5, 0.6) is 0 Å². The molecule has 0 aliphatic rings. The molecule has 5 rings (SSSR count). The second-order valence-corrected chi connectivity index (χ2v) is 8.05. The Hall–Kier alpha value is -4.30. The summed E-state index contributed by atoms with van der Waals surface area (Å²) >= 11 is 6.08. The zero-order chi connectivity index (χ0) is 23.5. The van der Waals surface area contributed by atoms with Gasteiger partial charge in [0.2, 0.25) is 5.91 Å². The third-order valence-electron chi connectivity index (χ3n) is 5.28. The number of rotatable bonds is 6. The quantitative estimate of drug-likeness (QED) is 0.362. The number of hydrogen-bond donors (Lipinski definition) is 2. The maximum Gasteiger partial charge on any atom is 0.252 e. The third-order valence-corrected chi connectivity index (χ3v) is 5.61. The van der Waals surface area contributed by atoms with Crippen molar-refractivity contribution in [1.82, 2.24) is 25.3 Å². The Bertz CT molecular complexity index is 1480. The Morgan fingerprint density at radius 1 is 0.882 bits per heavy atom. The van der Waals surface area contributed by atoms with Gasteiger partial charge in [-0.2, -0.15) is 0 Å². The summed E-state index contributed by atoms with van der Waals surface area (Å²) in [6, 6.07) is 22.1. The second kappa shape index (κ2) is 9.29. The summed E-state index contributed by atoms with van der Waals surface area (Å²) in [5, 5.41) is 15.7. The van der Waals surface area contributed by atoms with Crippen molar-refractivity contribution in [1.29, 1.82) is 0 Å². The first-order valence-electron chi connectivity index (χ1n) is 10.6. The number of para-hydroxylation sites is 3. The van der Waals surface area contributed by atoms with Crippen molar-refractivity contribution in [3.05, 3.63) is 95.3 Å². The molecule has 168 valence electrons. The molecule has 0 aliphatic heterocycles. The maximum absolute atomic E-state index is 13.2. The Labute approximate surface area is 199 Å². The van der Waals surface area contributed by atoms with Crippen LogP contribution in [-0.2, 0) is 17.9 Å². The summed E-state index contributed by atoms with van der Waals surface area (Å²) in [5.74, 6) is -0.524. The van der Waals surface area contributed by atoms with Crippen molar-refractivity contribution in [3.63, 3.8) is 0 Å². The number of benzene rings is 3. The van der Waals surface area contributed by atoms with Crippen molar-refractivity contribution < 1.29 is 9.59 Å². The average Bonchev–Trinajstić information content (AvgIpc) is 3.29. The van der Waals surface area contributed by atoms with Crippen molar-refractivity contribution in [2.24, 2.45) is 0 Å². The van der Waals surface area contributed by atoms with Crippen molar-refractivity contribution in [2.45, 2.75) is 13.1 Å². The normalized spacial score (nSPS) is 11.0. The number of halogens is 1. The summed E-state index contributed by atoms with van der Waals surface area (Å²) in [6.07, 6.45) is 1.62. The van der Waals surface area contributed by atoms with E-state index in [4.69, 9.17) is 11.6 Å². The average molecular weight is 471 g/mol. The van der Waals surface area contributed by atoms with Gasteiger partial charge in [0.25, 0.3) is 5.91 Å². The molecular formula is C25H19ClN6O2. The van der Waals surface area contributed by atoms with Crippen molar-refractivity contribution in [3.8, 4) is 0 Å². The summed E-state index contributed by atoms with van der Waals surface area (Å²) in [6.45, 7) is 0.127. The number of aromatic nitrogens is 4. The predicted molar refractivity (Wildman–Crippen MR) is 131 cm³/mol. The van der Waals surface area contributed by atoms with E-state index < -0.39 is 0 Å². The number of hydrogen-bond acceptors (Lipinski definition) is 5. The highest BCUT2D eigenvalue weighted by Crippen LogP contribution is 2.26. The van der Waals surface area contributed by atoms with Gasteiger partial charge >= 0.3 is 0 Å². The van der Waals surface area contributed by atoms with E-state index in [0.717, 1.165) is 21.8 Å². The lowest BCUT2D eigenvalue weighted by atomic mass is 10.0. The highest BCUT2D eigenvalue weighted by Gasteiger charge is 2.16. The number of fused-ring (bicyclic) bond motifs is 2. The highest BCUT2D eigenvalue weighted by molar-refractivity contribution is 6.33. The lowest BCUT2D eigenvalue weighted by molar-refractivity contribution is -0.116. The van der Waals surface area contributed by atoms with Crippen LogP contribution >= 0.6 is 11.6 Å². The number of pyridine rings is 1. The Kier molecular flexibility index (Phi) is 5.88. The Morgan fingerprint density at radius 2 is 1.53 bits per heavy atom. The minimum Gasteiger partial charge on any atom is -0.346 e. The second-order valence-electron chi connectivity index (χ2n) is 7.64. The van der Waals surface area contributed by atoms with Crippen LogP contribution in [0.4, 0.5) is 5.69 Å². The molecule has 34 heavy (non-hydrogen) atoms. The van der Waals surface area contributed by atoms with Gasteiger partial charge in [0.1, 0.15) is 12.2 Å². The minimum absolute atomic E-state index is 0.0359. The number of carbonyl (C=O) groups is 2. The molecule has 0 unspecified atom stereocenters. The SMILES string of the molecule is O=C(Cn1cc(CNC(=O)c2c3ccccc3nc3ccccc23)nn1)Nc1ccccc1Cl. The molecule has 0 radical (unpaired) electrons. The standard InChI is InChI=1S/C25H19ClN6O2/c26-19-9-3-6-12-22(19)29-23(33)15-32-14-16(30-31-32)13-27-25(34)24-17-7-1-4-10-20(17)28-21-11-5-2-8-18(21)24/h1-12,14H,13,15H2,(H,27,34)(H,29,33). The lowest BCUT2D eigenvalue weighted by Crippen LogP contribution is -2.23. The van der Waals surface area contributed by atoms with E-state index in [-0.39, 0.29) is 24.9 Å². The van der Waals surface area contributed by atoms with Crippen molar-refractivity contribution in [2.75, 3.05) is 5.32 Å². The zero-order valence-corrected chi connectivity index (χ0v) is 18.7. The molecule has 0 spiro atoms. The van der Waals surface area contributed by atoms with Gasteiger partial charge in [0.15, 0.2) is 0 Å². The number of nitrogens with zero attached hydrogens (tertiary/aromatic N) is 4. The van der Waals surface area contributed by atoms with Gasteiger partial charge in [0.05, 0.1) is 40.0 Å². The predicted octanol–water partition coefficient (Wildman–Crippen LogP) is 4.20. The number of carbonyl (C=O) groups excluding carboxylic acids is 2. The molecule has 2 heterocycles. The van der Waals surface area contributed by atoms with E-state index in [1.54, 1.807) is 30.5 Å². The zero-order valence-electron chi connectivity index (χ0n) is 17.9. The minimum atomic E-state index is -0.289. The lowest BCUT2D eigenvalue weighted by Gasteiger charge is -2.10. The van der Waals surface area contributed by atoms with Gasteiger partial charge in [0, 0.05) is 10.8 Å². The van der Waals surface area contributed by atoms with Gasteiger partial charge in [-0.3, -0.25) is 9.59 Å². The Morgan fingerprint density at radius 3 is 2.24 bits per heavy atom. The monoisotopic (exact) mass is 470 g/mol. The van der Waals surface area contributed by atoms with E-state index in [0.29, 0.717) is 22.0 Å². The Balaban J connectivity index is 1.29. The van der Waals surface area contributed by atoms with E-state index in [1.165, 1.54) is 4.68 Å². The topological polar surface area (TPSA) is 102 Å². The number of amides is 2. The molecule has 3 aromatic carbocycles. The summed E-state index contributed by atoms with van der Waals surface area (Å²) < 4.78 is 1.41. The molecule has 2 aromatic heterocycles. The summed E-state index contributed by atoms with van der Waals surface area (Å²) in [5.41, 5.74) is 3.12. The molecule has 0 bridgehead atoms. The molecule has 0 saturated carbocycles. The van der Waals surface area contributed by atoms with Gasteiger partial charge in [-0.05, 0) is 24.3 Å². The highest BCUT2D eigenvalue weighted by atomic mass is 35.5. The van der Waals surface area contributed by atoms with Crippen LogP contribution in [0.1, 0.15) is 16.1 Å². The smallest absolute Gasteiger partial charge is 0.252 e. The van der Waals surface area contributed by atoms with Crippen LogP contribution in [0.2, 0.25) is 5.02 Å². The number of nitrogens with one attached hydrogen (secondary N) is 2. The number of anilines is 1. The molecule has 2 N–H and O–H groups in total. The fourth-order valence-electron chi connectivity index (χ4n) is 3.74. The first kappa shape index (κ1) is 21.5. The van der Waals surface area contributed by atoms with Crippen LogP contribution in [0, 0.1) is 0 Å². The largest absolute Gasteiger partial charge is 0.346 e. The van der Waals surface area contributed by atoms with E-state index in [9.17, 15) is 9.59 Å². The molecule has 2 amide bonds. The summed E-state index contributed by atoms with van der Waals surface area (Å²) in [4.78, 5) is 30.2. The molecule has 0 atom stereocenters. The molecule has 8 nitrogen and oxygen atoms in total. The molecule has 0 aliphatic carbocycles. The first-order valence-corrected chi connectivity index (χ1v) is 11.0. The van der Waals surface area contributed by atoms with Crippen LogP contribution in [0.3, 0.4) is 0 Å². The van der Waals surface area contributed by atoms with Crippen LogP contribution in [0.15, 0.2) is 79.0 Å². The molecule has 9 heteroatoms. The molecular weight excluding hydrogens is 452 g/mol. The van der Waals surface area contributed by atoms with Crippen LogP contribution in [0.25, 0.3) is 21.8 Å². The van der Waals surface area contributed by atoms with Gasteiger partial charge in [-0.1, -0.05) is 65.3 Å². The van der Waals surface area contributed by atoms with Gasteiger partial charge in [-0.15, -0.1) is 5.10 Å². The van der Waals surface area contributed by atoms with Gasteiger partial charge < -0.3 is 10.6 Å². The third kappa shape index (κ3) is 4.44. The molecule has 5 aromatic rings. The van der Waals surface area contributed by atoms with E-state index in [1.807, 2.05) is 48.5 Å². The maximum atomic E-state index is 13.2. The van der Waals surface area contributed by atoms with E-state index >= 15 is 0 Å². The molecule has 0 saturated heterocycles. The summed E-state index contributed by atoms with van der Waals surface area (Å²) in [7, 11) is 0. The van der Waals surface area contributed by atoms with Crippen molar-refractivity contribution >= 4 is 50.9 Å². The fraction of sp³-hybridized carbons (Fsp3) is 0.0800. The van der Waals surface area contributed by atoms with Gasteiger partial charge in [-0.25, -0.2) is 9.67 Å². The van der Waals surface area contributed by atoms with Crippen LogP contribution in [-0.4, -0.2) is 31.8 Å². The fourth-order valence-corrected chi connectivity index (χ4v) is 3.92. The van der Waals surface area contributed by atoms with Crippen LogP contribution < -0.4 is 10.6 Å². The van der Waals surface area contributed by atoms with E-state index in [2.05, 4.69) is 25.9 Å². The molecule has 0 fully saturated rings.